The van der Waals surface area contributed by atoms with E-state index in [1.807, 2.05) is 24.0 Å². The van der Waals surface area contributed by atoms with Gasteiger partial charge in [0.2, 0.25) is 0 Å². The van der Waals surface area contributed by atoms with E-state index in [4.69, 9.17) is 4.74 Å². The Morgan fingerprint density at radius 1 is 1.60 bits per heavy atom. The topological polar surface area (TPSA) is 21.3 Å². The maximum absolute atomic E-state index is 5.82. The third kappa shape index (κ3) is 2.58. The van der Waals surface area contributed by atoms with E-state index in [1.54, 1.807) is 0 Å². The van der Waals surface area contributed by atoms with Gasteiger partial charge in [-0.1, -0.05) is 11.8 Å². The molecule has 0 aromatic carbocycles. The van der Waals surface area contributed by atoms with Gasteiger partial charge in [-0.05, 0) is 36.4 Å². The van der Waals surface area contributed by atoms with Gasteiger partial charge in [-0.15, -0.1) is 0 Å². The molecule has 0 aromatic rings. The van der Waals surface area contributed by atoms with Crippen molar-refractivity contribution in [1.82, 2.24) is 5.32 Å². The SMILES string of the molecule is CSCCCOC1C=C=C=C2NC=CC21. The average Bonchev–Trinajstić information content (AvgIpc) is 2.73. The molecule has 0 saturated carbocycles. The summed E-state index contributed by atoms with van der Waals surface area (Å²) in [5.74, 6) is 1.48. The fourth-order valence-corrected chi connectivity index (χ4v) is 2.11. The molecular weight excluding hydrogens is 206 g/mol. The molecule has 0 amide bonds. The second-order valence-electron chi connectivity index (χ2n) is 3.56. The first-order valence-electron chi connectivity index (χ1n) is 5.17. The van der Waals surface area contributed by atoms with E-state index in [9.17, 15) is 0 Å². The lowest BCUT2D eigenvalue weighted by Gasteiger charge is -2.20. The van der Waals surface area contributed by atoms with Crippen molar-refractivity contribution in [2.75, 3.05) is 18.6 Å². The molecule has 1 heterocycles. The summed E-state index contributed by atoms with van der Waals surface area (Å²) in [6.07, 6.45) is 9.40. The van der Waals surface area contributed by atoms with Crippen LogP contribution in [0, 0.1) is 5.92 Å². The second-order valence-corrected chi connectivity index (χ2v) is 4.55. The smallest absolute Gasteiger partial charge is 0.0960 e. The standard InChI is InChI=1S/C12H15NOS/c1-15-9-3-8-14-12-5-2-4-11-10(12)6-7-13-11/h5-7,10,12-13H,3,8-9H2,1H3. The summed E-state index contributed by atoms with van der Waals surface area (Å²) >= 11 is 1.86. The van der Waals surface area contributed by atoms with Crippen molar-refractivity contribution >= 4 is 11.8 Å². The molecule has 1 N–H and O–H groups in total. The number of ether oxygens (including phenoxy) is 1. The van der Waals surface area contributed by atoms with Crippen LogP contribution in [0.25, 0.3) is 0 Å². The van der Waals surface area contributed by atoms with Crippen LogP contribution in [0.4, 0.5) is 0 Å². The van der Waals surface area contributed by atoms with Crippen molar-refractivity contribution in [1.29, 1.82) is 0 Å². The summed E-state index contributed by atoms with van der Waals surface area (Å²) in [6.45, 7) is 0.821. The Kier molecular flexibility index (Phi) is 3.76. The molecule has 3 heteroatoms. The van der Waals surface area contributed by atoms with E-state index in [0.29, 0.717) is 5.92 Å². The predicted octanol–water partition coefficient (Wildman–Crippen LogP) is 2.07. The van der Waals surface area contributed by atoms with Crippen LogP contribution in [0.1, 0.15) is 6.42 Å². The third-order valence-electron chi connectivity index (χ3n) is 2.49. The van der Waals surface area contributed by atoms with Crippen LogP contribution in [-0.2, 0) is 4.74 Å². The second kappa shape index (κ2) is 5.29. The third-order valence-corrected chi connectivity index (χ3v) is 3.18. The minimum atomic E-state index is 0.134. The zero-order valence-electron chi connectivity index (χ0n) is 8.82. The zero-order valence-corrected chi connectivity index (χ0v) is 9.64. The van der Waals surface area contributed by atoms with Gasteiger partial charge in [0.1, 0.15) is 0 Å². The lowest BCUT2D eigenvalue weighted by atomic mass is 9.98. The largest absolute Gasteiger partial charge is 0.372 e. The molecule has 2 atom stereocenters. The summed E-state index contributed by atoms with van der Waals surface area (Å²) in [5.41, 5.74) is 7.14. The molecule has 2 unspecified atom stereocenters. The van der Waals surface area contributed by atoms with E-state index in [2.05, 4.69) is 29.1 Å². The van der Waals surface area contributed by atoms with Crippen LogP contribution >= 0.6 is 11.8 Å². The highest BCUT2D eigenvalue weighted by Gasteiger charge is 2.26. The summed E-state index contributed by atoms with van der Waals surface area (Å²) < 4.78 is 5.82. The molecule has 15 heavy (non-hydrogen) atoms. The predicted molar refractivity (Wildman–Crippen MR) is 63.6 cm³/mol. The molecule has 2 rings (SSSR count). The summed E-state index contributed by atoms with van der Waals surface area (Å²) in [6, 6.07) is 0. The van der Waals surface area contributed by atoms with Crippen molar-refractivity contribution in [3.8, 4) is 0 Å². The van der Waals surface area contributed by atoms with Gasteiger partial charge in [0.15, 0.2) is 0 Å². The first-order chi connectivity index (χ1) is 7.42. The van der Waals surface area contributed by atoms with Crippen molar-refractivity contribution in [2.45, 2.75) is 12.5 Å². The van der Waals surface area contributed by atoms with Crippen molar-refractivity contribution in [3.63, 3.8) is 0 Å². The summed E-state index contributed by atoms with van der Waals surface area (Å²) in [7, 11) is 0. The fourth-order valence-electron chi connectivity index (χ4n) is 1.71. The van der Waals surface area contributed by atoms with Gasteiger partial charge in [0, 0.05) is 6.61 Å². The van der Waals surface area contributed by atoms with Crippen molar-refractivity contribution in [2.24, 2.45) is 5.92 Å². The van der Waals surface area contributed by atoms with E-state index in [-0.39, 0.29) is 6.10 Å². The molecule has 0 radical (unpaired) electrons. The number of hydrogen-bond donors (Lipinski definition) is 1. The molecule has 0 spiro atoms. The van der Waals surface area contributed by atoms with Gasteiger partial charge in [-0.3, -0.25) is 0 Å². The minimum Gasteiger partial charge on any atom is -0.372 e. The number of nitrogens with one attached hydrogen (secondary N) is 1. The highest BCUT2D eigenvalue weighted by molar-refractivity contribution is 7.98. The Morgan fingerprint density at radius 2 is 2.53 bits per heavy atom. The first-order valence-corrected chi connectivity index (χ1v) is 6.56. The molecule has 1 aliphatic heterocycles. The van der Waals surface area contributed by atoms with E-state index in [1.165, 1.54) is 0 Å². The van der Waals surface area contributed by atoms with Crippen LogP contribution in [0.5, 0.6) is 0 Å². The molecule has 0 saturated heterocycles. The Balaban J connectivity index is 1.84. The number of thioether (sulfide) groups is 1. The molecule has 80 valence electrons. The van der Waals surface area contributed by atoms with Crippen molar-refractivity contribution < 1.29 is 4.74 Å². The monoisotopic (exact) mass is 221 g/mol. The summed E-state index contributed by atoms with van der Waals surface area (Å²) in [5, 5.41) is 3.15. The molecule has 0 fully saturated rings. The van der Waals surface area contributed by atoms with E-state index in [0.717, 1.165) is 24.5 Å². The number of rotatable bonds is 5. The zero-order chi connectivity index (χ0) is 10.5. The summed E-state index contributed by atoms with van der Waals surface area (Å²) in [4.78, 5) is 0. The molecule has 1 aliphatic carbocycles. The molecule has 0 aromatic heterocycles. The van der Waals surface area contributed by atoms with Gasteiger partial charge in [0.25, 0.3) is 0 Å². The van der Waals surface area contributed by atoms with E-state index >= 15 is 0 Å². The van der Waals surface area contributed by atoms with Crippen LogP contribution < -0.4 is 5.32 Å². The Hall–Kier alpha value is -0.850. The van der Waals surface area contributed by atoms with Gasteiger partial charge >= 0.3 is 0 Å². The van der Waals surface area contributed by atoms with Gasteiger partial charge in [-0.2, -0.15) is 11.8 Å². The molecule has 0 bridgehead atoms. The van der Waals surface area contributed by atoms with Crippen LogP contribution in [0.2, 0.25) is 0 Å². The van der Waals surface area contributed by atoms with Gasteiger partial charge < -0.3 is 10.1 Å². The lowest BCUT2D eigenvalue weighted by Crippen LogP contribution is -2.24. The quantitative estimate of drug-likeness (QED) is 0.567. The van der Waals surface area contributed by atoms with E-state index < -0.39 is 0 Å². The average molecular weight is 221 g/mol. The molecule has 2 nitrogen and oxygen atoms in total. The number of hydrogen-bond acceptors (Lipinski definition) is 3. The normalized spacial score (nSPS) is 26.3. The Labute approximate surface area is 94.8 Å². The molecular formula is C12H15NOS. The highest BCUT2D eigenvalue weighted by Crippen LogP contribution is 2.24. The van der Waals surface area contributed by atoms with Gasteiger partial charge in [0.05, 0.1) is 17.7 Å². The first kappa shape index (κ1) is 10.7. The fraction of sp³-hybridized carbons (Fsp3) is 0.500. The Bertz CT molecular complexity index is 349. The highest BCUT2D eigenvalue weighted by atomic mass is 32.2. The maximum atomic E-state index is 5.82. The Morgan fingerprint density at radius 3 is 3.40 bits per heavy atom. The van der Waals surface area contributed by atoms with Crippen LogP contribution in [-0.4, -0.2) is 24.7 Å². The van der Waals surface area contributed by atoms with Crippen LogP contribution in [0.3, 0.4) is 0 Å². The maximum Gasteiger partial charge on any atom is 0.0960 e. The van der Waals surface area contributed by atoms with Crippen molar-refractivity contribution in [3.05, 3.63) is 35.5 Å². The number of fused-ring (bicyclic) bond motifs is 1. The molecule has 2 aliphatic rings. The van der Waals surface area contributed by atoms with Crippen LogP contribution in [0.15, 0.2) is 35.5 Å². The minimum absolute atomic E-state index is 0.134. The van der Waals surface area contributed by atoms with Gasteiger partial charge in [-0.25, -0.2) is 0 Å². The lowest BCUT2D eigenvalue weighted by molar-refractivity contribution is 0.0676.